The Bertz CT molecular complexity index is 523. The first-order chi connectivity index (χ1) is 9.93. The molecule has 0 bridgehead atoms. The molecule has 1 aromatic carbocycles. The number of alkyl halides is 3. The molecule has 2 fully saturated rings. The van der Waals surface area contributed by atoms with Gasteiger partial charge in [0.15, 0.2) is 0 Å². The van der Waals surface area contributed by atoms with Gasteiger partial charge in [-0.15, -0.1) is 0 Å². The predicted molar refractivity (Wildman–Crippen MR) is 71.4 cm³/mol. The minimum absolute atomic E-state index is 0.0572. The second kappa shape index (κ2) is 5.33. The largest absolute Gasteiger partial charge is 0.416 e. The molecule has 1 heterocycles. The molecule has 3 rings (SSSR count). The molecular formula is C15H17F3N2O. The quantitative estimate of drug-likeness (QED) is 0.926. The van der Waals surface area contributed by atoms with Crippen molar-refractivity contribution < 1.29 is 18.0 Å². The number of hydrogen-bond donors (Lipinski definition) is 1. The molecule has 114 valence electrons. The zero-order chi connectivity index (χ0) is 15.0. The first-order valence-electron chi connectivity index (χ1n) is 7.14. The molecule has 0 aromatic heterocycles. The van der Waals surface area contributed by atoms with Crippen molar-refractivity contribution in [2.24, 2.45) is 0 Å². The first-order valence-corrected chi connectivity index (χ1v) is 7.14. The van der Waals surface area contributed by atoms with Gasteiger partial charge in [0, 0.05) is 19.1 Å². The van der Waals surface area contributed by atoms with Gasteiger partial charge in [-0.25, -0.2) is 0 Å². The summed E-state index contributed by atoms with van der Waals surface area (Å²) in [7, 11) is 0. The first kappa shape index (κ1) is 14.4. The highest BCUT2D eigenvalue weighted by atomic mass is 19.4. The van der Waals surface area contributed by atoms with Crippen LogP contribution < -0.4 is 5.32 Å². The smallest absolute Gasteiger partial charge is 0.337 e. The van der Waals surface area contributed by atoms with Crippen LogP contribution >= 0.6 is 0 Å². The van der Waals surface area contributed by atoms with Crippen LogP contribution in [-0.4, -0.2) is 29.4 Å². The van der Waals surface area contributed by atoms with E-state index in [1.807, 2.05) is 0 Å². The zero-order valence-corrected chi connectivity index (χ0v) is 11.5. The van der Waals surface area contributed by atoms with E-state index in [-0.39, 0.29) is 11.9 Å². The number of carbonyl (C=O) groups excluding carboxylic acids is 1. The van der Waals surface area contributed by atoms with Crippen LogP contribution in [0.15, 0.2) is 24.3 Å². The zero-order valence-electron chi connectivity index (χ0n) is 11.5. The molecule has 3 nitrogen and oxygen atoms in total. The van der Waals surface area contributed by atoms with Crippen molar-refractivity contribution in [2.75, 3.05) is 6.54 Å². The molecule has 0 radical (unpaired) electrons. The molecule has 1 aliphatic carbocycles. The van der Waals surface area contributed by atoms with Gasteiger partial charge in [-0.05, 0) is 37.0 Å². The lowest BCUT2D eigenvalue weighted by Gasteiger charge is -2.17. The summed E-state index contributed by atoms with van der Waals surface area (Å²) in [6, 6.07) is 5.37. The summed E-state index contributed by atoms with van der Waals surface area (Å²) in [5, 5.41) is 3.31. The Kier molecular flexibility index (Phi) is 3.65. The van der Waals surface area contributed by atoms with Crippen LogP contribution in [0.3, 0.4) is 0 Å². The van der Waals surface area contributed by atoms with Crippen LogP contribution in [0.4, 0.5) is 13.2 Å². The lowest BCUT2D eigenvalue weighted by Crippen LogP contribution is -2.39. The van der Waals surface area contributed by atoms with Crippen LogP contribution in [0.5, 0.6) is 0 Å². The summed E-state index contributed by atoms with van der Waals surface area (Å²) < 4.78 is 37.5. The molecule has 6 heteroatoms. The molecule has 0 spiro atoms. The Labute approximate surface area is 121 Å². The normalized spacial score (nSPS) is 22.9. The Morgan fingerprint density at radius 2 is 1.81 bits per heavy atom. The van der Waals surface area contributed by atoms with Gasteiger partial charge in [-0.2, -0.15) is 13.2 Å². The Morgan fingerprint density at radius 1 is 1.14 bits per heavy atom. The van der Waals surface area contributed by atoms with Gasteiger partial charge < -0.3 is 10.2 Å². The third-order valence-corrected chi connectivity index (χ3v) is 3.97. The fraction of sp³-hybridized carbons (Fsp3) is 0.533. The average Bonchev–Trinajstić information content (AvgIpc) is 3.18. The summed E-state index contributed by atoms with van der Waals surface area (Å²) in [6.07, 6.45) is -1.29. The lowest BCUT2D eigenvalue weighted by molar-refractivity contribution is -0.137. The minimum Gasteiger partial charge on any atom is -0.337 e. The van der Waals surface area contributed by atoms with Crippen LogP contribution in [0.25, 0.3) is 0 Å². The molecule has 1 N–H and O–H groups in total. The van der Waals surface area contributed by atoms with E-state index in [1.165, 1.54) is 12.1 Å². The van der Waals surface area contributed by atoms with E-state index in [1.54, 1.807) is 4.90 Å². The number of nitrogens with one attached hydrogen (secondary N) is 1. The predicted octanol–water partition coefficient (Wildman–Crippen LogP) is 2.56. The molecule has 1 saturated heterocycles. The number of rotatable bonds is 4. The second-order valence-electron chi connectivity index (χ2n) is 5.74. The molecule has 1 amide bonds. The fourth-order valence-corrected chi connectivity index (χ4v) is 2.60. The maximum atomic E-state index is 12.5. The van der Waals surface area contributed by atoms with Crippen LogP contribution in [0, 0.1) is 0 Å². The SMILES string of the molecule is O=C1C(NC2CC2)CCN1Cc1ccc(C(F)(F)F)cc1. The summed E-state index contributed by atoms with van der Waals surface area (Å²) >= 11 is 0. The van der Waals surface area contributed by atoms with Gasteiger partial charge in [0.1, 0.15) is 0 Å². The summed E-state index contributed by atoms with van der Waals surface area (Å²) in [6.45, 7) is 1.03. The maximum Gasteiger partial charge on any atom is 0.416 e. The number of likely N-dealkylation sites (tertiary alicyclic amines) is 1. The molecule has 1 atom stereocenters. The van der Waals surface area contributed by atoms with Gasteiger partial charge >= 0.3 is 6.18 Å². The van der Waals surface area contributed by atoms with E-state index < -0.39 is 11.7 Å². The summed E-state index contributed by atoms with van der Waals surface area (Å²) in [4.78, 5) is 13.9. The highest BCUT2D eigenvalue weighted by molar-refractivity contribution is 5.84. The van der Waals surface area contributed by atoms with Crippen molar-refractivity contribution >= 4 is 5.91 Å². The van der Waals surface area contributed by atoms with E-state index in [2.05, 4.69) is 5.32 Å². The molecule has 1 saturated carbocycles. The van der Waals surface area contributed by atoms with E-state index >= 15 is 0 Å². The van der Waals surface area contributed by atoms with Gasteiger partial charge in [0.2, 0.25) is 5.91 Å². The molecule has 1 aromatic rings. The van der Waals surface area contributed by atoms with Gasteiger partial charge in [0.05, 0.1) is 11.6 Å². The second-order valence-corrected chi connectivity index (χ2v) is 5.74. The van der Waals surface area contributed by atoms with Crippen LogP contribution in [0.2, 0.25) is 0 Å². The van der Waals surface area contributed by atoms with E-state index in [0.717, 1.165) is 37.0 Å². The Morgan fingerprint density at radius 3 is 2.38 bits per heavy atom. The number of nitrogens with zero attached hydrogens (tertiary/aromatic N) is 1. The lowest BCUT2D eigenvalue weighted by atomic mass is 10.1. The molecule has 2 aliphatic rings. The van der Waals surface area contributed by atoms with Gasteiger partial charge in [-0.1, -0.05) is 12.1 Å². The Hall–Kier alpha value is -1.56. The van der Waals surface area contributed by atoms with E-state index in [9.17, 15) is 18.0 Å². The highest BCUT2D eigenvalue weighted by Crippen LogP contribution is 2.29. The van der Waals surface area contributed by atoms with Crippen molar-refractivity contribution in [3.63, 3.8) is 0 Å². The number of benzene rings is 1. The highest BCUT2D eigenvalue weighted by Gasteiger charge is 2.35. The minimum atomic E-state index is -4.32. The van der Waals surface area contributed by atoms with Crippen LogP contribution in [-0.2, 0) is 17.5 Å². The molecule has 21 heavy (non-hydrogen) atoms. The number of carbonyl (C=O) groups is 1. The topological polar surface area (TPSA) is 32.3 Å². The molecule has 1 unspecified atom stereocenters. The van der Waals surface area contributed by atoms with E-state index in [4.69, 9.17) is 0 Å². The monoisotopic (exact) mass is 298 g/mol. The number of hydrogen-bond acceptors (Lipinski definition) is 2. The molecular weight excluding hydrogens is 281 g/mol. The third-order valence-electron chi connectivity index (χ3n) is 3.97. The summed E-state index contributed by atoms with van der Waals surface area (Å²) in [5.74, 6) is 0.0572. The van der Waals surface area contributed by atoms with Crippen molar-refractivity contribution in [3.05, 3.63) is 35.4 Å². The molecule has 1 aliphatic heterocycles. The average molecular weight is 298 g/mol. The fourth-order valence-electron chi connectivity index (χ4n) is 2.60. The van der Waals surface area contributed by atoms with Crippen molar-refractivity contribution in [2.45, 2.75) is 44.1 Å². The van der Waals surface area contributed by atoms with E-state index in [0.29, 0.717) is 19.1 Å². The van der Waals surface area contributed by atoms with Crippen LogP contribution in [0.1, 0.15) is 30.4 Å². The van der Waals surface area contributed by atoms with Crippen molar-refractivity contribution in [3.8, 4) is 0 Å². The number of halogens is 3. The standard InChI is InChI=1S/C15H17F3N2O/c16-15(17,18)11-3-1-10(2-4-11)9-20-8-7-13(14(20)21)19-12-5-6-12/h1-4,12-13,19H,5-9H2. The third kappa shape index (κ3) is 3.37. The van der Waals surface area contributed by atoms with Crippen molar-refractivity contribution in [1.82, 2.24) is 10.2 Å². The van der Waals surface area contributed by atoms with Crippen molar-refractivity contribution in [1.29, 1.82) is 0 Å². The van der Waals surface area contributed by atoms with Gasteiger partial charge in [-0.3, -0.25) is 4.79 Å². The van der Waals surface area contributed by atoms with Gasteiger partial charge in [0.25, 0.3) is 0 Å². The summed E-state index contributed by atoms with van der Waals surface area (Å²) in [5.41, 5.74) is 0.0655. The number of amides is 1. The maximum absolute atomic E-state index is 12.5. The Balaban J connectivity index is 1.60.